The highest BCUT2D eigenvalue weighted by molar-refractivity contribution is 7.81. The molecule has 8 nitrogen and oxygen atoms in total. The van der Waals surface area contributed by atoms with Crippen molar-refractivity contribution in [2.24, 2.45) is 0 Å². The van der Waals surface area contributed by atoms with Crippen molar-refractivity contribution in [2.75, 3.05) is 0 Å². The lowest BCUT2D eigenvalue weighted by atomic mass is 10.2. The molecule has 0 atom stereocenters. The summed E-state index contributed by atoms with van der Waals surface area (Å²) in [6.07, 6.45) is -0.0689. The summed E-state index contributed by atoms with van der Waals surface area (Å²) in [6, 6.07) is 4.21. The lowest BCUT2D eigenvalue weighted by Gasteiger charge is -2.12. The number of hydrogen-bond donors (Lipinski definition) is 0. The van der Waals surface area contributed by atoms with E-state index in [1.165, 1.54) is 0 Å². The zero-order valence-electron chi connectivity index (χ0n) is 10.3. The molecule has 1 fully saturated rings. The lowest BCUT2D eigenvalue weighted by molar-refractivity contribution is -0.172. The summed E-state index contributed by atoms with van der Waals surface area (Å²) in [7, 11) is -5.16. The predicted octanol–water partition coefficient (Wildman–Crippen LogP) is 0.501. The Hall–Kier alpha value is -2.49. The van der Waals surface area contributed by atoms with E-state index in [0.717, 1.165) is 24.3 Å². The van der Waals surface area contributed by atoms with Crippen LogP contribution in [0.25, 0.3) is 0 Å². The van der Waals surface area contributed by atoms with Gasteiger partial charge in [-0.05, 0) is 24.3 Å². The molecule has 0 aromatic heterocycles. The highest BCUT2D eigenvalue weighted by Gasteiger charge is 2.33. The molecule has 0 N–H and O–H groups in total. The average Bonchev–Trinajstić information content (AvgIpc) is 2.69. The minimum atomic E-state index is -5.16. The number of benzene rings is 1. The van der Waals surface area contributed by atoms with Gasteiger partial charge in [-0.25, -0.2) is 4.79 Å². The van der Waals surface area contributed by atoms with Gasteiger partial charge in [-0.15, -0.1) is 5.06 Å². The Kier molecular flexibility index (Phi) is 3.89. The molecule has 0 spiro atoms. The zero-order chi connectivity index (χ0) is 15.6. The van der Waals surface area contributed by atoms with Gasteiger partial charge in [0, 0.05) is 12.8 Å². The van der Waals surface area contributed by atoms with Crippen molar-refractivity contribution in [2.45, 2.75) is 12.8 Å². The van der Waals surface area contributed by atoms with Crippen LogP contribution in [0.2, 0.25) is 0 Å². The molecule has 1 aliphatic heterocycles. The van der Waals surface area contributed by atoms with Crippen molar-refractivity contribution in [3.63, 3.8) is 0 Å². The Bertz CT molecular complexity index is 682. The number of carbonyl (C=O) groups excluding carboxylic acids is 3. The van der Waals surface area contributed by atoms with Crippen LogP contribution < -0.4 is 4.18 Å². The van der Waals surface area contributed by atoms with Crippen molar-refractivity contribution >= 4 is 28.3 Å². The summed E-state index contributed by atoms with van der Waals surface area (Å²) < 4.78 is 36.7. The van der Waals surface area contributed by atoms with Gasteiger partial charge in [0.1, 0.15) is 5.75 Å². The van der Waals surface area contributed by atoms with Gasteiger partial charge in [-0.3, -0.25) is 9.59 Å². The molecule has 0 bridgehead atoms. The minimum Gasteiger partial charge on any atom is -0.358 e. The van der Waals surface area contributed by atoms with Crippen molar-refractivity contribution < 1.29 is 35.7 Å². The highest BCUT2D eigenvalue weighted by atomic mass is 32.3. The topological polar surface area (TPSA) is 107 Å². The van der Waals surface area contributed by atoms with Crippen molar-refractivity contribution in [1.29, 1.82) is 0 Å². The van der Waals surface area contributed by atoms with Crippen LogP contribution in [-0.4, -0.2) is 31.3 Å². The maximum atomic E-state index is 12.3. The minimum absolute atomic E-state index is 0.0345. The fourth-order valence-electron chi connectivity index (χ4n) is 1.55. The monoisotopic (exact) mass is 317 g/mol. The molecule has 1 aromatic rings. The summed E-state index contributed by atoms with van der Waals surface area (Å²) >= 11 is 0. The van der Waals surface area contributed by atoms with E-state index in [4.69, 9.17) is 0 Å². The van der Waals surface area contributed by atoms with Crippen molar-refractivity contribution in [3.8, 4) is 5.75 Å². The summed E-state index contributed by atoms with van der Waals surface area (Å²) in [6.45, 7) is 0. The second-order valence-electron chi connectivity index (χ2n) is 3.96. The largest absolute Gasteiger partial charge is 0.488 e. The van der Waals surface area contributed by atoms with E-state index < -0.39 is 28.3 Å². The molecular formula is C11H8FNO7S. The molecule has 1 aliphatic rings. The van der Waals surface area contributed by atoms with Gasteiger partial charge in [-0.2, -0.15) is 8.42 Å². The number of imide groups is 1. The molecule has 21 heavy (non-hydrogen) atoms. The number of hydroxylamine groups is 2. The number of carbonyl (C=O) groups is 3. The van der Waals surface area contributed by atoms with E-state index >= 15 is 0 Å². The van der Waals surface area contributed by atoms with Crippen LogP contribution in [0, 0.1) is 0 Å². The first kappa shape index (κ1) is 14.9. The van der Waals surface area contributed by atoms with E-state index in [1.807, 2.05) is 0 Å². The summed E-state index contributed by atoms with van der Waals surface area (Å²) in [5, 5.41) is 0.374. The third-order valence-electron chi connectivity index (χ3n) is 2.47. The van der Waals surface area contributed by atoms with Gasteiger partial charge < -0.3 is 9.02 Å². The fourth-order valence-corrected chi connectivity index (χ4v) is 1.90. The van der Waals surface area contributed by atoms with Crippen molar-refractivity contribution in [1.82, 2.24) is 5.06 Å². The summed E-state index contributed by atoms with van der Waals surface area (Å²) in [4.78, 5) is 38.8. The molecule has 0 radical (unpaired) electrons. The van der Waals surface area contributed by atoms with Crippen LogP contribution in [0.3, 0.4) is 0 Å². The number of nitrogens with zero attached hydrogens (tertiary/aromatic N) is 1. The van der Waals surface area contributed by atoms with Crippen LogP contribution in [0.15, 0.2) is 24.3 Å². The number of rotatable bonds is 4. The Morgan fingerprint density at radius 3 is 2.10 bits per heavy atom. The first-order valence-electron chi connectivity index (χ1n) is 5.58. The third-order valence-corrected chi connectivity index (χ3v) is 2.86. The molecule has 0 saturated carbocycles. The van der Waals surface area contributed by atoms with E-state index in [-0.39, 0.29) is 24.2 Å². The second kappa shape index (κ2) is 5.48. The van der Waals surface area contributed by atoms with Crippen LogP contribution in [-0.2, 0) is 24.9 Å². The molecule has 2 amide bonds. The van der Waals surface area contributed by atoms with Gasteiger partial charge in [0.2, 0.25) is 0 Å². The first-order chi connectivity index (χ1) is 9.76. The third kappa shape index (κ3) is 3.75. The van der Waals surface area contributed by atoms with Crippen molar-refractivity contribution in [3.05, 3.63) is 29.8 Å². The normalized spacial score (nSPS) is 15.2. The van der Waals surface area contributed by atoms with Gasteiger partial charge in [0.15, 0.2) is 0 Å². The van der Waals surface area contributed by atoms with Gasteiger partial charge in [0.25, 0.3) is 11.8 Å². The molecule has 1 saturated heterocycles. The Morgan fingerprint density at radius 2 is 1.62 bits per heavy atom. The lowest BCUT2D eigenvalue weighted by Crippen LogP contribution is -2.32. The predicted molar refractivity (Wildman–Crippen MR) is 63.6 cm³/mol. The molecule has 112 valence electrons. The summed E-state index contributed by atoms with van der Waals surface area (Å²) in [5.74, 6) is -2.59. The van der Waals surface area contributed by atoms with Gasteiger partial charge >= 0.3 is 16.5 Å². The molecule has 1 heterocycles. The maximum Gasteiger partial charge on any atom is 0.488 e. The quantitative estimate of drug-likeness (QED) is 0.588. The van der Waals surface area contributed by atoms with E-state index in [9.17, 15) is 26.7 Å². The van der Waals surface area contributed by atoms with Crippen LogP contribution in [0.4, 0.5) is 3.89 Å². The molecule has 0 unspecified atom stereocenters. The maximum absolute atomic E-state index is 12.3. The van der Waals surface area contributed by atoms with E-state index in [1.54, 1.807) is 0 Å². The van der Waals surface area contributed by atoms with E-state index in [0.29, 0.717) is 5.06 Å². The van der Waals surface area contributed by atoms with E-state index in [2.05, 4.69) is 9.02 Å². The van der Waals surface area contributed by atoms with Crippen LogP contribution in [0.1, 0.15) is 23.2 Å². The second-order valence-corrected chi connectivity index (χ2v) is 4.91. The number of hydrogen-bond acceptors (Lipinski definition) is 7. The standard InChI is InChI=1S/C11H8FNO7S/c12-21(17,18)20-8-3-1-7(2-4-8)11(16)19-13-9(14)5-6-10(13)15/h1-4H,5-6H2. The molecular weight excluding hydrogens is 309 g/mol. The molecule has 1 aromatic carbocycles. The number of amides is 2. The first-order valence-corrected chi connectivity index (χ1v) is 6.89. The Balaban J connectivity index is 2.06. The number of halogens is 1. The fraction of sp³-hybridized carbons (Fsp3) is 0.182. The van der Waals surface area contributed by atoms with Gasteiger partial charge in [-0.1, -0.05) is 3.89 Å². The Morgan fingerprint density at radius 1 is 1.10 bits per heavy atom. The zero-order valence-corrected chi connectivity index (χ0v) is 11.1. The molecule has 2 rings (SSSR count). The summed E-state index contributed by atoms with van der Waals surface area (Å²) in [5.41, 5.74) is -0.0777. The SMILES string of the molecule is O=C(ON1C(=O)CCC1=O)c1ccc(OS(=O)(=O)F)cc1. The van der Waals surface area contributed by atoms with Crippen LogP contribution >= 0.6 is 0 Å². The average molecular weight is 317 g/mol. The molecule has 10 heteroatoms. The van der Waals surface area contributed by atoms with Gasteiger partial charge in [0.05, 0.1) is 5.56 Å². The van der Waals surface area contributed by atoms with Crippen LogP contribution in [0.5, 0.6) is 5.75 Å². The Labute approximate surface area is 118 Å². The highest BCUT2D eigenvalue weighted by Crippen LogP contribution is 2.17. The molecule has 0 aliphatic carbocycles. The smallest absolute Gasteiger partial charge is 0.358 e.